The third kappa shape index (κ3) is 3.04. The van der Waals surface area contributed by atoms with Crippen LogP contribution in [0.25, 0.3) is 10.9 Å². The molecule has 0 fully saturated rings. The van der Waals surface area contributed by atoms with Gasteiger partial charge in [-0.3, -0.25) is 4.79 Å². The number of hydrogen-bond donors (Lipinski definition) is 3. The number of hydrogen-bond acceptors (Lipinski definition) is 2. The highest BCUT2D eigenvalue weighted by Gasteiger charge is 2.25. The summed E-state index contributed by atoms with van der Waals surface area (Å²) in [5.74, 6) is -0.147. The molecule has 5 heteroatoms. The molecule has 2 aromatic rings. The van der Waals surface area contributed by atoms with Gasteiger partial charge >= 0.3 is 0 Å². The first-order valence-corrected chi connectivity index (χ1v) is 7.49. The summed E-state index contributed by atoms with van der Waals surface area (Å²) in [4.78, 5) is 15.5. The molecular formula is C15H19BrN2O2. The number of benzene rings is 1. The second kappa shape index (κ2) is 5.97. The van der Waals surface area contributed by atoms with E-state index in [0.29, 0.717) is 12.1 Å². The molecule has 1 aromatic heterocycles. The highest BCUT2D eigenvalue weighted by molar-refractivity contribution is 9.10. The number of H-pyrrole nitrogens is 1. The fourth-order valence-corrected chi connectivity index (χ4v) is 2.64. The molecule has 0 spiro atoms. The molecule has 0 aliphatic rings. The minimum Gasteiger partial charge on any atom is -0.396 e. The van der Waals surface area contributed by atoms with E-state index in [1.807, 2.05) is 38.1 Å². The first-order chi connectivity index (χ1) is 9.49. The molecule has 4 nitrogen and oxygen atoms in total. The van der Waals surface area contributed by atoms with Crippen LogP contribution in [0.1, 0.15) is 37.2 Å². The van der Waals surface area contributed by atoms with Gasteiger partial charge in [-0.1, -0.05) is 28.9 Å². The number of carbonyl (C=O) groups is 1. The lowest BCUT2D eigenvalue weighted by molar-refractivity contribution is 0.0882. The van der Waals surface area contributed by atoms with Crippen LogP contribution < -0.4 is 5.32 Å². The van der Waals surface area contributed by atoms with Crippen molar-refractivity contribution >= 4 is 32.7 Å². The van der Waals surface area contributed by atoms with Crippen LogP contribution in [-0.2, 0) is 0 Å². The zero-order valence-electron chi connectivity index (χ0n) is 11.7. The Morgan fingerprint density at radius 2 is 2.25 bits per heavy atom. The number of fused-ring (bicyclic) bond motifs is 1. The third-order valence-electron chi connectivity index (χ3n) is 3.71. The molecule has 1 unspecified atom stereocenters. The summed E-state index contributed by atoms with van der Waals surface area (Å²) < 4.78 is 0.957. The van der Waals surface area contributed by atoms with Crippen molar-refractivity contribution in [3.63, 3.8) is 0 Å². The average Bonchev–Trinajstić information content (AvgIpc) is 2.84. The van der Waals surface area contributed by atoms with Crippen LogP contribution in [0.4, 0.5) is 0 Å². The number of aromatic nitrogens is 1. The summed E-state index contributed by atoms with van der Waals surface area (Å²) in [6.07, 6.45) is 1.31. The van der Waals surface area contributed by atoms with E-state index in [1.54, 1.807) is 0 Å². The van der Waals surface area contributed by atoms with Crippen molar-refractivity contribution in [2.45, 2.75) is 32.2 Å². The van der Waals surface area contributed by atoms with E-state index < -0.39 is 0 Å². The molecular weight excluding hydrogens is 320 g/mol. The number of aromatic amines is 1. The van der Waals surface area contributed by atoms with Crippen LogP contribution in [0.3, 0.4) is 0 Å². The number of rotatable bonds is 5. The summed E-state index contributed by atoms with van der Waals surface area (Å²) in [6, 6.07) is 7.64. The van der Waals surface area contributed by atoms with Gasteiger partial charge in [0.25, 0.3) is 5.91 Å². The smallest absolute Gasteiger partial charge is 0.268 e. The third-order valence-corrected chi connectivity index (χ3v) is 4.41. The van der Waals surface area contributed by atoms with Crippen molar-refractivity contribution in [3.05, 3.63) is 34.4 Å². The number of aliphatic hydroxyl groups is 1. The molecule has 3 N–H and O–H groups in total. The maximum absolute atomic E-state index is 12.3. The predicted octanol–water partition coefficient (Wildman–Crippen LogP) is 3.21. The van der Waals surface area contributed by atoms with Crippen molar-refractivity contribution in [1.82, 2.24) is 10.3 Å². The number of amides is 1. The lowest BCUT2D eigenvalue weighted by Gasteiger charge is -2.28. The van der Waals surface area contributed by atoms with Gasteiger partial charge in [-0.2, -0.15) is 0 Å². The first kappa shape index (κ1) is 15.1. The molecule has 1 heterocycles. The molecule has 1 aromatic carbocycles. The second-order valence-corrected chi connectivity index (χ2v) is 6.08. The predicted molar refractivity (Wildman–Crippen MR) is 83.9 cm³/mol. The standard InChI is InChI=1S/C15H19BrN2O2/c1-3-15(2,7-8-19)18-14(20)13-9-10-11(16)5-4-6-12(10)17-13/h4-6,9,17,19H,3,7-8H2,1-2H3,(H,18,20). The largest absolute Gasteiger partial charge is 0.396 e. The van der Waals surface area contributed by atoms with Crippen molar-refractivity contribution in [1.29, 1.82) is 0 Å². The number of nitrogens with one attached hydrogen (secondary N) is 2. The minimum absolute atomic E-state index is 0.0584. The van der Waals surface area contributed by atoms with Gasteiger partial charge in [-0.15, -0.1) is 0 Å². The van der Waals surface area contributed by atoms with Gasteiger partial charge in [0.1, 0.15) is 5.69 Å². The summed E-state index contributed by atoms with van der Waals surface area (Å²) in [5, 5.41) is 13.1. The fraction of sp³-hybridized carbons (Fsp3) is 0.400. The van der Waals surface area contributed by atoms with Gasteiger partial charge in [0.2, 0.25) is 0 Å². The topological polar surface area (TPSA) is 65.1 Å². The maximum Gasteiger partial charge on any atom is 0.268 e. The maximum atomic E-state index is 12.3. The molecule has 0 saturated heterocycles. The van der Waals surface area contributed by atoms with Gasteiger partial charge in [0.05, 0.1) is 0 Å². The Morgan fingerprint density at radius 3 is 2.85 bits per heavy atom. The Hall–Kier alpha value is -1.33. The van der Waals surface area contributed by atoms with Crippen molar-refractivity contribution in [3.8, 4) is 0 Å². The Kier molecular flexibility index (Phi) is 4.50. The van der Waals surface area contributed by atoms with Crippen molar-refractivity contribution in [2.75, 3.05) is 6.61 Å². The van der Waals surface area contributed by atoms with E-state index >= 15 is 0 Å². The van der Waals surface area contributed by atoms with E-state index in [-0.39, 0.29) is 18.1 Å². The van der Waals surface area contributed by atoms with Crippen LogP contribution in [0.15, 0.2) is 28.7 Å². The zero-order chi connectivity index (χ0) is 14.8. The molecule has 20 heavy (non-hydrogen) atoms. The van der Waals surface area contributed by atoms with Gasteiger partial charge < -0.3 is 15.4 Å². The van der Waals surface area contributed by atoms with Gasteiger partial charge in [-0.25, -0.2) is 0 Å². The Morgan fingerprint density at radius 1 is 1.50 bits per heavy atom. The molecule has 0 bridgehead atoms. The quantitative estimate of drug-likeness (QED) is 0.783. The highest BCUT2D eigenvalue weighted by Crippen LogP contribution is 2.25. The van der Waals surface area contributed by atoms with Gasteiger partial charge in [-0.05, 0) is 38.0 Å². The minimum atomic E-state index is -0.389. The normalized spacial score (nSPS) is 14.2. The molecule has 2 rings (SSSR count). The van der Waals surface area contributed by atoms with Crippen molar-refractivity contribution < 1.29 is 9.90 Å². The highest BCUT2D eigenvalue weighted by atomic mass is 79.9. The second-order valence-electron chi connectivity index (χ2n) is 5.23. The van der Waals surface area contributed by atoms with Crippen molar-refractivity contribution in [2.24, 2.45) is 0 Å². The zero-order valence-corrected chi connectivity index (χ0v) is 13.3. The van der Waals surface area contributed by atoms with E-state index in [9.17, 15) is 4.79 Å². The molecule has 0 saturated carbocycles. The summed E-state index contributed by atoms with van der Waals surface area (Å²) in [7, 11) is 0. The monoisotopic (exact) mass is 338 g/mol. The summed E-state index contributed by atoms with van der Waals surface area (Å²) in [6.45, 7) is 4.00. The molecule has 0 aliphatic carbocycles. The molecule has 1 atom stereocenters. The number of halogens is 1. The van der Waals surface area contributed by atoms with E-state index in [1.165, 1.54) is 0 Å². The lowest BCUT2D eigenvalue weighted by Crippen LogP contribution is -2.46. The SMILES string of the molecule is CCC(C)(CCO)NC(=O)c1cc2c(Br)cccc2[nH]1. The summed E-state index contributed by atoms with van der Waals surface area (Å²) >= 11 is 3.47. The Bertz CT molecular complexity index is 623. The van der Waals surface area contributed by atoms with Gasteiger partial charge in [0, 0.05) is 27.5 Å². The average molecular weight is 339 g/mol. The summed E-state index contributed by atoms with van der Waals surface area (Å²) in [5.41, 5.74) is 1.06. The Balaban J connectivity index is 2.25. The molecule has 1 amide bonds. The van der Waals surface area contributed by atoms with Gasteiger partial charge in [0.15, 0.2) is 0 Å². The molecule has 108 valence electrons. The first-order valence-electron chi connectivity index (χ1n) is 6.69. The molecule has 0 aliphatic heterocycles. The number of aliphatic hydroxyl groups excluding tert-OH is 1. The number of carbonyl (C=O) groups excluding carboxylic acids is 1. The van der Waals surface area contributed by atoms with Crippen LogP contribution in [-0.4, -0.2) is 28.1 Å². The van der Waals surface area contributed by atoms with Crippen LogP contribution in [0.5, 0.6) is 0 Å². The Labute approximate surface area is 126 Å². The lowest BCUT2D eigenvalue weighted by atomic mass is 9.95. The van der Waals surface area contributed by atoms with Crippen LogP contribution in [0.2, 0.25) is 0 Å². The van der Waals surface area contributed by atoms with E-state index in [0.717, 1.165) is 21.8 Å². The van der Waals surface area contributed by atoms with E-state index in [4.69, 9.17) is 5.11 Å². The van der Waals surface area contributed by atoms with E-state index in [2.05, 4.69) is 26.2 Å². The molecule has 0 radical (unpaired) electrons. The fourth-order valence-electron chi connectivity index (χ4n) is 2.16. The van der Waals surface area contributed by atoms with Crippen LogP contribution >= 0.6 is 15.9 Å². The van der Waals surface area contributed by atoms with Crippen LogP contribution in [0, 0.1) is 0 Å².